The van der Waals surface area contributed by atoms with Gasteiger partial charge in [-0.2, -0.15) is 0 Å². The highest BCUT2D eigenvalue weighted by Crippen LogP contribution is 2.22. The molecule has 1 aromatic carbocycles. The zero-order valence-corrected chi connectivity index (χ0v) is 12.2. The Morgan fingerprint density at radius 2 is 2.00 bits per heavy atom. The first kappa shape index (κ1) is 14.6. The van der Waals surface area contributed by atoms with Gasteiger partial charge in [-0.05, 0) is 30.9 Å². The van der Waals surface area contributed by atoms with E-state index in [1.165, 1.54) is 0 Å². The van der Waals surface area contributed by atoms with Gasteiger partial charge in [-0.15, -0.1) is 0 Å². The molecule has 1 fully saturated rings. The van der Waals surface area contributed by atoms with E-state index in [0.29, 0.717) is 24.4 Å². The summed E-state index contributed by atoms with van der Waals surface area (Å²) < 4.78 is 5.21. The predicted molar refractivity (Wildman–Crippen MR) is 79.3 cm³/mol. The number of hydrogen-bond acceptors (Lipinski definition) is 4. The fraction of sp³-hybridized carbons (Fsp3) is 0.438. The molecule has 1 aliphatic heterocycles. The van der Waals surface area contributed by atoms with Gasteiger partial charge in [0, 0.05) is 24.9 Å². The van der Waals surface area contributed by atoms with E-state index in [9.17, 15) is 9.59 Å². The summed E-state index contributed by atoms with van der Waals surface area (Å²) in [5.74, 6) is -0.568. The van der Waals surface area contributed by atoms with Gasteiger partial charge >= 0.3 is 5.97 Å². The fourth-order valence-electron chi connectivity index (χ4n) is 2.95. The van der Waals surface area contributed by atoms with Gasteiger partial charge in [0.25, 0.3) is 0 Å². The molecule has 22 heavy (non-hydrogen) atoms. The van der Waals surface area contributed by atoms with Crippen molar-refractivity contribution in [2.45, 2.75) is 25.7 Å². The van der Waals surface area contributed by atoms with Crippen LogP contribution in [0.25, 0.3) is 11.0 Å². The minimum absolute atomic E-state index is 0.0211. The van der Waals surface area contributed by atoms with Crippen LogP contribution in [0.5, 0.6) is 0 Å². The van der Waals surface area contributed by atoms with E-state index in [1.54, 1.807) is 4.90 Å². The number of carboxylic acids is 1. The molecule has 1 amide bonds. The molecule has 1 aromatic heterocycles. The van der Waals surface area contributed by atoms with Crippen molar-refractivity contribution < 1.29 is 19.2 Å². The number of amides is 1. The molecule has 0 aliphatic carbocycles. The third kappa shape index (κ3) is 3.10. The number of nitrogens with zero attached hydrogens (tertiary/aromatic N) is 2. The highest BCUT2D eigenvalue weighted by molar-refractivity contribution is 5.86. The first-order chi connectivity index (χ1) is 10.6. The predicted octanol–water partition coefficient (Wildman–Crippen LogP) is 2.08. The first-order valence-corrected chi connectivity index (χ1v) is 7.46. The van der Waals surface area contributed by atoms with Crippen molar-refractivity contribution in [3.63, 3.8) is 0 Å². The minimum Gasteiger partial charge on any atom is -0.481 e. The van der Waals surface area contributed by atoms with Crippen LogP contribution in [0.4, 0.5) is 0 Å². The Morgan fingerprint density at radius 3 is 2.73 bits per heavy atom. The number of aliphatic carboxylic acids is 1. The summed E-state index contributed by atoms with van der Waals surface area (Å²) in [4.78, 5) is 24.9. The second kappa shape index (κ2) is 6.17. The maximum Gasteiger partial charge on any atom is 0.303 e. The monoisotopic (exact) mass is 302 g/mol. The van der Waals surface area contributed by atoms with Gasteiger partial charge < -0.3 is 14.5 Å². The lowest BCUT2D eigenvalue weighted by atomic mass is 9.93. The Kier molecular flexibility index (Phi) is 4.09. The summed E-state index contributed by atoms with van der Waals surface area (Å²) in [6.45, 7) is 1.24. The summed E-state index contributed by atoms with van der Waals surface area (Å²) in [6, 6.07) is 7.48. The Morgan fingerprint density at radius 1 is 1.27 bits per heavy atom. The van der Waals surface area contributed by atoms with Crippen LogP contribution in [0.15, 0.2) is 28.8 Å². The summed E-state index contributed by atoms with van der Waals surface area (Å²) in [6.07, 6.45) is 1.91. The third-order valence-electron chi connectivity index (χ3n) is 4.20. The zero-order valence-electron chi connectivity index (χ0n) is 12.2. The van der Waals surface area contributed by atoms with Crippen LogP contribution in [0.2, 0.25) is 0 Å². The van der Waals surface area contributed by atoms with E-state index >= 15 is 0 Å². The SMILES string of the molecule is O=C(O)CC1CCN(C(=O)Cc2noc3ccccc23)CC1. The van der Waals surface area contributed by atoms with Crippen molar-refractivity contribution in [2.75, 3.05) is 13.1 Å². The number of carbonyl (C=O) groups is 2. The molecule has 3 rings (SSSR count). The minimum atomic E-state index is -0.765. The van der Waals surface area contributed by atoms with E-state index in [2.05, 4.69) is 5.16 Å². The second-order valence-corrected chi connectivity index (χ2v) is 5.72. The highest BCUT2D eigenvalue weighted by Gasteiger charge is 2.25. The van der Waals surface area contributed by atoms with Gasteiger partial charge in [-0.25, -0.2) is 0 Å². The molecule has 0 atom stereocenters. The molecule has 0 bridgehead atoms. The molecule has 6 nitrogen and oxygen atoms in total. The first-order valence-electron chi connectivity index (χ1n) is 7.46. The topological polar surface area (TPSA) is 83.6 Å². The van der Waals surface area contributed by atoms with Gasteiger partial charge in [0.2, 0.25) is 5.91 Å². The lowest BCUT2D eigenvalue weighted by Gasteiger charge is -2.31. The van der Waals surface area contributed by atoms with E-state index in [-0.39, 0.29) is 24.7 Å². The molecule has 1 N–H and O–H groups in total. The molecule has 1 saturated heterocycles. The summed E-state index contributed by atoms with van der Waals surface area (Å²) in [5, 5.41) is 13.7. The van der Waals surface area contributed by atoms with Crippen LogP contribution in [-0.2, 0) is 16.0 Å². The van der Waals surface area contributed by atoms with Crippen molar-refractivity contribution in [1.29, 1.82) is 0 Å². The average Bonchev–Trinajstić information content (AvgIpc) is 2.91. The maximum atomic E-state index is 12.4. The lowest BCUT2D eigenvalue weighted by Crippen LogP contribution is -2.39. The van der Waals surface area contributed by atoms with Crippen molar-refractivity contribution in [2.24, 2.45) is 5.92 Å². The number of piperidine rings is 1. The Bertz CT molecular complexity index is 686. The molecule has 2 heterocycles. The van der Waals surface area contributed by atoms with Gasteiger partial charge in [0.15, 0.2) is 5.58 Å². The number of likely N-dealkylation sites (tertiary alicyclic amines) is 1. The van der Waals surface area contributed by atoms with Crippen LogP contribution in [-0.4, -0.2) is 40.1 Å². The van der Waals surface area contributed by atoms with Crippen LogP contribution in [0, 0.1) is 5.92 Å². The van der Waals surface area contributed by atoms with Crippen molar-refractivity contribution in [3.8, 4) is 0 Å². The Hall–Kier alpha value is -2.37. The van der Waals surface area contributed by atoms with Crippen molar-refractivity contribution in [3.05, 3.63) is 30.0 Å². The second-order valence-electron chi connectivity index (χ2n) is 5.72. The fourth-order valence-corrected chi connectivity index (χ4v) is 2.95. The molecule has 0 radical (unpaired) electrons. The third-order valence-corrected chi connectivity index (χ3v) is 4.20. The van der Waals surface area contributed by atoms with Gasteiger partial charge in [-0.1, -0.05) is 17.3 Å². The number of para-hydroxylation sites is 1. The van der Waals surface area contributed by atoms with E-state index < -0.39 is 5.97 Å². The molecule has 0 spiro atoms. The number of hydrogen-bond donors (Lipinski definition) is 1. The Labute approximate surface area is 127 Å². The number of carbonyl (C=O) groups excluding carboxylic acids is 1. The van der Waals surface area contributed by atoms with Crippen LogP contribution >= 0.6 is 0 Å². The molecule has 0 unspecified atom stereocenters. The molecule has 1 aliphatic rings. The number of benzene rings is 1. The molecule has 2 aromatic rings. The highest BCUT2D eigenvalue weighted by atomic mass is 16.5. The maximum absolute atomic E-state index is 12.4. The van der Waals surface area contributed by atoms with E-state index in [4.69, 9.17) is 9.63 Å². The number of aromatic nitrogens is 1. The van der Waals surface area contributed by atoms with Crippen LogP contribution in [0.1, 0.15) is 25.0 Å². The van der Waals surface area contributed by atoms with Gasteiger partial charge in [0.05, 0.1) is 6.42 Å². The average molecular weight is 302 g/mol. The van der Waals surface area contributed by atoms with Gasteiger partial charge in [-0.3, -0.25) is 9.59 Å². The molecule has 0 saturated carbocycles. The summed E-state index contributed by atoms with van der Waals surface area (Å²) in [7, 11) is 0. The lowest BCUT2D eigenvalue weighted by molar-refractivity contribution is -0.138. The largest absolute Gasteiger partial charge is 0.481 e. The van der Waals surface area contributed by atoms with Gasteiger partial charge in [0.1, 0.15) is 5.69 Å². The number of rotatable bonds is 4. The molecular formula is C16H18N2O4. The van der Waals surface area contributed by atoms with E-state index in [1.807, 2.05) is 24.3 Å². The van der Waals surface area contributed by atoms with Crippen LogP contribution < -0.4 is 0 Å². The standard InChI is InChI=1S/C16H18N2O4/c19-15(18-7-5-11(6-8-18)9-16(20)21)10-13-12-3-1-2-4-14(12)22-17-13/h1-4,11H,5-10H2,(H,20,21). The smallest absolute Gasteiger partial charge is 0.303 e. The van der Waals surface area contributed by atoms with Crippen molar-refractivity contribution in [1.82, 2.24) is 10.1 Å². The normalized spacial score (nSPS) is 16.1. The summed E-state index contributed by atoms with van der Waals surface area (Å²) >= 11 is 0. The van der Waals surface area contributed by atoms with Crippen LogP contribution in [0.3, 0.4) is 0 Å². The summed E-state index contributed by atoms with van der Waals surface area (Å²) in [5.41, 5.74) is 1.35. The zero-order chi connectivity index (χ0) is 15.5. The van der Waals surface area contributed by atoms with E-state index in [0.717, 1.165) is 18.2 Å². The number of fused-ring (bicyclic) bond motifs is 1. The Balaban J connectivity index is 1.60. The van der Waals surface area contributed by atoms with Crippen molar-refractivity contribution >= 4 is 22.8 Å². The molecule has 6 heteroatoms. The number of carboxylic acid groups (broad SMARTS) is 1. The quantitative estimate of drug-likeness (QED) is 0.935. The molecular weight excluding hydrogens is 284 g/mol. The molecule has 116 valence electrons.